The molecule has 0 spiro atoms. The van der Waals surface area contributed by atoms with Crippen LogP contribution >= 0.6 is 0 Å². The third-order valence-corrected chi connectivity index (χ3v) is 2.66. The first-order valence-electron chi connectivity index (χ1n) is 7.02. The molecular weight excluding hydrogens is 278 g/mol. The fourth-order valence-electron chi connectivity index (χ4n) is 1.74. The van der Waals surface area contributed by atoms with E-state index in [0.717, 1.165) is 6.54 Å². The quantitative estimate of drug-likeness (QED) is 0.774. The van der Waals surface area contributed by atoms with Crippen molar-refractivity contribution in [2.24, 2.45) is 5.92 Å². The number of hydrogen-bond donors (Lipinski definition) is 2. The minimum Gasteiger partial charge on any atom is -0.478 e. The van der Waals surface area contributed by atoms with Crippen LogP contribution in [0.5, 0.6) is 5.75 Å². The summed E-state index contributed by atoms with van der Waals surface area (Å²) in [6.45, 7) is 7.01. The summed E-state index contributed by atoms with van der Waals surface area (Å²) >= 11 is 0. The highest BCUT2D eigenvalue weighted by Crippen LogP contribution is 2.23. The smallest absolute Gasteiger partial charge is 0.257 e. The first-order chi connectivity index (χ1) is 9.93. The van der Waals surface area contributed by atoms with Gasteiger partial charge in [0.15, 0.2) is 24.0 Å². The van der Waals surface area contributed by atoms with Crippen molar-refractivity contribution in [1.82, 2.24) is 10.6 Å². The largest absolute Gasteiger partial charge is 0.478 e. The van der Waals surface area contributed by atoms with Gasteiger partial charge in [-0.2, -0.15) is 0 Å². The van der Waals surface area contributed by atoms with Gasteiger partial charge in [0.05, 0.1) is 0 Å². The van der Waals surface area contributed by atoms with E-state index in [9.17, 15) is 13.6 Å². The van der Waals surface area contributed by atoms with Crippen LogP contribution in [0.2, 0.25) is 0 Å². The number of hydrogen-bond acceptors (Lipinski definition) is 3. The number of halogens is 2. The minimum absolute atomic E-state index is 0.378. The molecule has 0 saturated heterocycles. The van der Waals surface area contributed by atoms with Gasteiger partial charge in [-0.15, -0.1) is 0 Å². The van der Waals surface area contributed by atoms with Crippen LogP contribution in [0.3, 0.4) is 0 Å². The number of rotatable bonds is 8. The van der Waals surface area contributed by atoms with Crippen LogP contribution in [0.15, 0.2) is 12.1 Å². The Morgan fingerprint density at radius 3 is 2.43 bits per heavy atom. The Hall–Kier alpha value is -1.69. The predicted octanol–water partition coefficient (Wildman–Crippen LogP) is 2.23. The Kier molecular flexibility index (Phi) is 7.08. The molecule has 0 bridgehead atoms. The van der Waals surface area contributed by atoms with Crippen molar-refractivity contribution in [2.45, 2.75) is 27.3 Å². The first-order valence-corrected chi connectivity index (χ1v) is 7.02. The lowest BCUT2D eigenvalue weighted by atomic mass is 10.1. The third-order valence-electron chi connectivity index (χ3n) is 2.66. The second-order valence-corrected chi connectivity index (χ2v) is 5.16. The number of nitrogens with one attached hydrogen (secondary N) is 2. The molecule has 0 radical (unpaired) electrons. The lowest BCUT2D eigenvalue weighted by Gasteiger charge is -2.11. The van der Waals surface area contributed by atoms with E-state index in [-0.39, 0.29) is 0 Å². The molecule has 1 amide bonds. The van der Waals surface area contributed by atoms with Crippen molar-refractivity contribution in [3.63, 3.8) is 0 Å². The molecule has 0 heterocycles. The number of carbonyl (C=O) groups excluding carboxylic acids is 1. The van der Waals surface area contributed by atoms with Gasteiger partial charge in [-0.1, -0.05) is 13.8 Å². The average molecular weight is 300 g/mol. The standard InChI is InChI=1S/C15H22F2N2O2/c1-4-19-14(20)9-21-15-12(16)5-11(6-13(15)17)8-18-7-10(2)3/h5-6,10,18H,4,7-9H2,1-3H3,(H,19,20). The SMILES string of the molecule is CCNC(=O)COc1c(F)cc(CNCC(C)C)cc1F. The Morgan fingerprint density at radius 2 is 1.90 bits per heavy atom. The number of ether oxygens (including phenoxy) is 1. The number of carbonyl (C=O) groups is 1. The van der Waals surface area contributed by atoms with Crippen LogP contribution in [0.25, 0.3) is 0 Å². The van der Waals surface area contributed by atoms with Crippen LogP contribution in [0, 0.1) is 17.6 Å². The molecular formula is C15H22F2N2O2. The van der Waals surface area contributed by atoms with E-state index in [1.165, 1.54) is 12.1 Å². The molecule has 0 aliphatic carbocycles. The minimum atomic E-state index is -0.805. The Balaban J connectivity index is 2.64. The molecule has 2 N–H and O–H groups in total. The molecule has 1 rings (SSSR count). The monoisotopic (exact) mass is 300 g/mol. The fourth-order valence-corrected chi connectivity index (χ4v) is 1.74. The van der Waals surface area contributed by atoms with Gasteiger partial charge in [-0.25, -0.2) is 8.78 Å². The van der Waals surface area contributed by atoms with E-state index in [1.807, 2.05) is 13.8 Å². The molecule has 6 heteroatoms. The molecule has 4 nitrogen and oxygen atoms in total. The molecule has 21 heavy (non-hydrogen) atoms. The van der Waals surface area contributed by atoms with Gasteiger partial charge >= 0.3 is 0 Å². The molecule has 0 saturated carbocycles. The van der Waals surface area contributed by atoms with Crippen molar-refractivity contribution in [2.75, 3.05) is 19.7 Å². The highest BCUT2D eigenvalue weighted by atomic mass is 19.1. The summed E-state index contributed by atoms with van der Waals surface area (Å²) in [5.41, 5.74) is 0.496. The Morgan fingerprint density at radius 1 is 1.29 bits per heavy atom. The van der Waals surface area contributed by atoms with Gasteiger partial charge in [0.1, 0.15) is 0 Å². The normalized spacial score (nSPS) is 10.8. The highest BCUT2D eigenvalue weighted by Gasteiger charge is 2.14. The van der Waals surface area contributed by atoms with Crippen molar-refractivity contribution in [1.29, 1.82) is 0 Å². The van der Waals surface area contributed by atoms with E-state index in [2.05, 4.69) is 10.6 Å². The van der Waals surface area contributed by atoms with E-state index in [4.69, 9.17) is 4.74 Å². The van der Waals surface area contributed by atoms with E-state index < -0.39 is 29.9 Å². The fraction of sp³-hybridized carbons (Fsp3) is 0.533. The molecule has 0 aliphatic rings. The summed E-state index contributed by atoms with van der Waals surface area (Å²) in [7, 11) is 0. The topological polar surface area (TPSA) is 50.4 Å². The molecule has 118 valence electrons. The molecule has 1 aromatic rings. The van der Waals surface area contributed by atoms with Crippen molar-refractivity contribution in [3.8, 4) is 5.75 Å². The van der Waals surface area contributed by atoms with Gasteiger partial charge < -0.3 is 15.4 Å². The van der Waals surface area contributed by atoms with Crippen molar-refractivity contribution < 1.29 is 18.3 Å². The van der Waals surface area contributed by atoms with Gasteiger partial charge in [0.2, 0.25) is 0 Å². The molecule has 1 aromatic carbocycles. The highest BCUT2D eigenvalue weighted by molar-refractivity contribution is 5.77. The molecule has 0 aromatic heterocycles. The van der Waals surface area contributed by atoms with Gasteiger partial charge in [-0.05, 0) is 37.1 Å². The Bertz CT molecular complexity index is 456. The second-order valence-electron chi connectivity index (χ2n) is 5.16. The van der Waals surface area contributed by atoms with Gasteiger partial charge in [-0.3, -0.25) is 4.79 Å². The van der Waals surface area contributed by atoms with Crippen molar-refractivity contribution in [3.05, 3.63) is 29.3 Å². The molecule has 0 unspecified atom stereocenters. The van der Waals surface area contributed by atoms with Crippen LogP contribution < -0.4 is 15.4 Å². The summed E-state index contributed by atoms with van der Waals surface area (Å²) < 4.78 is 32.5. The first kappa shape index (κ1) is 17.4. The maximum Gasteiger partial charge on any atom is 0.257 e. The second kappa shape index (κ2) is 8.56. The zero-order chi connectivity index (χ0) is 15.8. The lowest BCUT2D eigenvalue weighted by Crippen LogP contribution is -2.28. The van der Waals surface area contributed by atoms with E-state index in [0.29, 0.717) is 24.6 Å². The summed E-state index contributed by atoms with van der Waals surface area (Å²) in [5, 5.41) is 5.59. The summed E-state index contributed by atoms with van der Waals surface area (Å²) in [5.74, 6) is -2.09. The average Bonchev–Trinajstić information content (AvgIpc) is 2.37. The van der Waals surface area contributed by atoms with Crippen LogP contribution in [-0.4, -0.2) is 25.6 Å². The zero-order valence-corrected chi connectivity index (χ0v) is 12.6. The number of amides is 1. The summed E-state index contributed by atoms with van der Waals surface area (Å²) in [6.07, 6.45) is 0. The number of likely N-dealkylation sites (N-methyl/N-ethyl adjacent to an activating group) is 1. The lowest BCUT2D eigenvalue weighted by molar-refractivity contribution is -0.123. The van der Waals surface area contributed by atoms with Crippen LogP contribution in [0.4, 0.5) is 8.78 Å². The van der Waals surface area contributed by atoms with Crippen LogP contribution in [-0.2, 0) is 11.3 Å². The van der Waals surface area contributed by atoms with Crippen molar-refractivity contribution >= 4 is 5.91 Å². The van der Waals surface area contributed by atoms with Crippen LogP contribution in [0.1, 0.15) is 26.3 Å². The molecule has 0 atom stereocenters. The third kappa shape index (κ3) is 6.08. The summed E-state index contributed by atoms with van der Waals surface area (Å²) in [6, 6.07) is 2.42. The maximum atomic E-state index is 13.8. The summed E-state index contributed by atoms with van der Waals surface area (Å²) in [4.78, 5) is 11.2. The molecule has 0 fully saturated rings. The van der Waals surface area contributed by atoms with Gasteiger partial charge in [0.25, 0.3) is 5.91 Å². The van der Waals surface area contributed by atoms with E-state index in [1.54, 1.807) is 6.92 Å². The zero-order valence-electron chi connectivity index (χ0n) is 12.6. The molecule has 0 aliphatic heterocycles. The predicted molar refractivity (Wildman–Crippen MR) is 77.1 cm³/mol. The van der Waals surface area contributed by atoms with Gasteiger partial charge in [0, 0.05) is 13.1 Å². The maximum absolute atomic E-state index is 13.8. The Labute approximate surface area is 123 Å². The number of benzene rings is 1. The van der Waals surface area contributed by atoms with E-state index >= 15 is 0 Å².